The van der Waals surface area contributed by atoms with E-state index in [-0.39, 0.29) is 5.91 Å². The number of ether oxygens (including phenoxy) is 2. The van der Waals surface area contributed by atoms with Crippen molar-refractivity contribution in [2.75, 3.05) is 33.4 Å². The number of amides is 1. The van der Waals surface area contributed by atoms with E-state index in [9.17, 15) is 4.79 Å². The predicted molar refractivity (Wildman–Crippen MR) is 112 cm³/mol. The molecule has 0 bridgehead atoms. The summed E-state index contributed by atoms with van der Waals surface area (Å²) in [6.45, 7) is 2.16. The molecule has 6 nitrogen and oxygen atoms in total. The highest BCUT2D eigenvalue weighted by atomic mass is 32.1. The van der Waals surface area contributed by atoms with Gasteiger partial charge in [-0.25, -0.2) is 4.98 Å². The van der Waals surface area contributed by atoms with E-state index in [4.69, 9.17) is 19.4 Å². The number of aromatic nitrogens is 2. The maximum absolute atomic E-state index is 12.8. The van der Waals surface area contributed by atoms with Crippen LogP contribution in [0.1, 0.15) is 21.6 Å². The summed E-state index contributed by atoms with van der Waals surface area (Å²) in [4.78, 5) is 24.2. The van der Waals surface area contributed by atoms with Crippen molar-refractivity contribution in [3.05, 3.63) is 64.0 Å². The molecule has 1 aliphatic heterocycles. The first-order valence-corrected chi connectivity index (χ1v) is 10.6. The van der Waals surface area contributed by atoms with Gasteiger partial charge in [-0.05, 0) is 17.9 Å². The molecule has 4 rings (SSSR count). The maximum atomic E-state index is 12.8. The summed E-state index contributed by atoms with van der Waals surface area (Å²) in [6, 6.07) is 11.8. The van der Waals surface area contributed by atoms with Crippen molar-refractivity contribution in [3.8, 4) is 17.3 Å². The lowest BCUT2D eigenvalue weighted by molar-refractivity contribution is 0.0763. The molecule has 1 amide bonds. The van der Waals surface area contributed by atoms with E-state index in [0.717, 1.165) is 22.4 Å². The van der Waals surface area contributed by atoms with Gasteiger partial charge in [0.05, 0.1) is 17.9 Å². The first-order valence-electron chi connectivity index (χ1n) is 9.64. The number of thiophene rings is 1. The highest BCUT2D eigenvalue weighted by Crippen LogP contribution is 2.27. The van der Waals surface area contributed by atoms with Crippen molar-refractivity contribution < 1.29 is 14.3 Å². The van der Waals surface area contributed by atoms with Crippen LogP contribution < -0.4 is 4.74 Å². The highest BCUT2D eigenvalue weighted by Gasteiger charge is 2.24. The van der Waals surface area contributed by atoms with Crippen LogP contribution in [0.3, 0.4) is 0 Å². The Balaban J connectivity index is 1.63. The van der Waals surface area contributed by atoms with Gasteiger partial charge in [-0.3, -0.25) is 4.79 Å². The molecule has 0 radical (unpaired) electrons. The Morgan fingerprint density at radius 1 is 1.10 bits per heavy atom. The van der Waals surface area contributed by atoms with Crippen LogP contribution in [0.4, 0.5) is 0 Å². The smallest absolute Gasteiger partial charge is 0.254 e. The van der Waals surface area contributed by atoms with Crippen LogP contribution in [0, 0.1) is 0 Å². The van der Waals surface area contributed by atoms with Crippen LogP contribution >= 0.6 is 11.3 Å². The van der Waals surface area contributed by atoms with Crippen molar-refractivity contribution in [2.24, 2.45) is 0 Å². The first kappa shape index (κ1) is 19.5. The largest absolute Gasteiger partial charge is 0.475 e. The van der Waals surface area contributed by atoms with Crippen LogP contribution in [0.15, 0.2) is 47.2 Å². The third-order valence-electron chi connectivity index (χ3n) is 4.92. The summed E-state index contributed by atoms with van der Waals surface area (Å²) in [5, 5.41) is 3.83. The lowest BCUT2D eigenvalue weighted by Gasteiger charge is -2.19. The van der Waals surface area contributed by atoms with Crippen molar-refractivity contribution >= 4 is 17.2 Å². The van der Waals surface area contributed by atoms with Gasteiger partial charge in [0.1, 0.15) is 6.61 Å². The molecule has 2 aromatic heterocycles. The Hall–Kier alpha value is -2.77. The van der Waals surface area contributed by atoms with Crippen LogP contribution in [0.25, 0.3) is 11.4 Å². The van der Waals surface area contributed by atoms with E-state index in [0.29, 0.717) is 50.8 Å². The molecule has 3 aromatic rings. The molecule has 1 aromatic carbocycles. The van der Waals surface area contributed by atoms with Crippen molar-refractivity contribution in [3.63, 3.8) is 0 Å². The summed E-state index contributed by atoms with van der Waals surface area (Å²) < 4.78 is 11.1. The number of benzene rings is 1. The Labute approximate surface area is 174 Å². The number of methoxy groups -OCH3 is 1. The monoisotopic (exact) mass is 409 g/mol. The molecule has 0 spiro atoms. The third-order valence-corrected chi connectivity index (χ3v) is 5.60. The number of hydrogen-bond donors (Lipinski definition) is 0. The van der Waals surface area contributed by atoms with Gasteiger partial charge in [0.15, 0.2) is 5.82 Å². The van der Waals surface area contributed by atoms with Gasteiger partial charge in [-0.1, -0.05) is 30.3 Å². The molecule has 0 atom stereocenters. The van der Waals surface area contributed by atoms with E-state index in [1.165, 1.54) is 11.3 Å². The SMILES string of the molecule is COCCOc1nc(-c2ccccc2)nc2c1CCN(C(=O)c1ccsc1)CC2. The average Bonchev–Trinajstić information content (AvgIpc) is 3.21. The predicted octanol–water partition coefficient (Wildman–Crippen LogP) is 3.47. The fraction of sp³-hybridized carbons (Fsp3) is 0.318. The van der Waals surface area contributed by atoms with Crippen LogP contribution in [-0.4, -0.2) is 54.2 Å². The lowest BCUT2D eigenvalue weighted by atomic mass is 10.1. The summed E-state index contributed by atoms with van der Waals surface area (Å²) >= 11 is 1.54. The molecule has 150 valence electrons. The second-order valence-corrected chi connectivity index (χ2v) is 7.57. The maximum Gasteiger partial charge on any atom is 0.254 e. The Kier molecular flexibility index (Phi) is 6.17. The number of fused-ring (bicyclic) bond motifs is 1. The summed E-state index contributed by atoms with van der Waals surface area (Å²) in [7, 11) is 1.65. The third kappa shape index (κ3) is 4.46. The molecule has 0 saturated heterocycles. The fourth-order valence-electron chi connectivity index (χ4n) is 3.39. The highest BCUT2D eigenvalue weighted by molar-refractivity contribution is 7.08. The standard InChI is InChI=1S/C22H23N3O3S/c1-27-12-13-28-21-18-7-10-25(22(26)17-9-14-29-15-17)11-8-19(18)23-20(24-21)16-5-3-2-4-6-16/h2-6,9,14-15H,7-8,10-13H2,1H3. The van der Waals surface area contributed by atoms with Crippen molar-refractivity contribution in [2.45, 2.75) is 12.8 Å². The van der Waals surface area contributed by atoms with Crippen LogP contribution in [-0.2, 0) is 17.6 Å². The molecule has 0 N–H and O–H groups in total. The molecular weight excluding hydrogens is 386 g/mol. The van der Waals surface area contributed by atoms with E-state index >= 15 is 0 Å². The van der Waals surface area contributed by atoms with Gasteiger partial charge in [0.2, 0.25) is 5.88 Å². The van der Waals surface area contributed by atoms with Gasteiger partial charge in [-0.2, -0.15) is 16.3 Å². The minimum absolute atomic E-state index is 0.0668. The summed E-state index contributed by atoms with van der Waals surface area (Å²) in [5.41, 5.74) is 3.63. The molecule has 1 aliphatic rings. The molecule has 0 fully saturated rings. The minimum Gasteiger partial charge on any atom is -0.475 e. The van der Waals surface area contributed by atoms with E-state index in [1.807, 2.05) is 52.1 Å². The Bertz CT molecular complexity index is 961. The second kappa shape index (κ2) is 9.15. The average molecular weight is 410 g/mol. The zero-order valence-electron chi connectivity index (χ0n) is 16.3. The van der Waals surface area contributed by atoms with Crippen molar-refractivity contribution in [1.82, 2.24) is 14.9 Å². The zero-order valence-corrected chi connectivity index (χ0v) is 17.2. The summed E-state index contributed by atoms with van der Waals surface area (Å²) in [5.74, 6) is 1.31. The van der Waals surface area contributed by atoms with Crippen LogP contribution in [0.5, 0.6) is 5.88 Å². The van der Waals surface area contributed by atoms with E-state index in [1.54, 1.807) is 7.11 Å². The number of carbonyl (C=O) groups excluding carboxylic acids is 1. The molecule has 3 heterocycles. The topological polar surface area (TPSA) is 64.6 Å². The van der Waals surface area contributed by atoms with E-state index < -0.39 is 0 Å². The van der Waals surface area contributed by atoms with Gasteiger partial charge < -0.3 is 14.4 Å². The Morgan fingerprint density at radius 3 is 2.69 bits per heavy atom. The number of rotatable bonds is 6. The van der Waals surface area contributed by atoms with Gasteiger partial charge in [0, 0.05) is 43.1 Å². The molecule has 29 heavy (non-hydrogen) atoms. The van der Waals surface area contributed by atoms with Gasteiger partial charge >= 0.3 is 0 Å². The first-order chi connectivity index (χ1) is 14.3. The molecule has 0 unspecified atom stereocenters. The molecule has 0 aliphatic carbocycles. The van der Waals surface area contributed by atoms with Gasteiger partial charge in [0.25, 0.3) is 5.91 Å². The number of hydrogen-bond acceptors (Lipinski definition) is 6. The summed E-state index contributed by atoms with van der Waals surface area (Å²) in [6.07, 6.45) is 1.34. The lowest BCUT2D eigenvalue weighted by Crippen LogP contribution is -2.33. The van der Waals surface area contributed by atoms with Crippen molar-refractivity contribution in [1.29, 1.82) is 0 Å². The normalized spacial score (nSPS) is 13.6. The fourth-order valence-corrected chi connectivity index (χ4v) is 4.02. The second-order valence-electron chi connectivity index (χ2n) is 6.79. The molecular formula is C22H23N3O3S. The number of nitrogens with zero attached hydrogens (tertiary/aromatic N) is 3. The molecule has 7 heteroatoms. The number of carbonyl (C=O) groups is 1. The van der Waals surface area contributed by atoms with Crippen LogP contribution in [0.2, 0.25) is 0 Å². The molecule has 0 saturated carbocycles. The quantitative estimate of drug-likeness (QED) is 0.584. The van der Waals surface area contributed by atoms with Gasteiger partial charge in [-0.15, -0.1) is 0 Å². The minimum atomic E-state index is 0.0668. The van der Waals surface area contributed by atoms with E-state index in [2.05, 4.69) is 0 Å². The zero-order chi connectivity index (χ0) is 20.1. The Morgan fingerprint density at radius 2 is 1.93 bits per heavy atom.